The van der Waals surface area contributed by atoms with Gasteiger partial charge in [0.25, 0.3) is 0 Å². The average Bonchev–Trinajstić information content (AvgIpc) is 3.18. The van der Waals surface area contributed by atoms with Gasteiger partial charge in [0.2, 0.25) is 5.91 Å². The Morgan fingerprint density at radius 1 is 0.963 bits per heavy atom. The molecule has 0 unspecified atom stereocenters. The zero-order chi connectivity index (χ0) is 18.7. The smallest absolute Gasteiger partial charge is 0.232 e. The van der Waals surface area contributed by atoms with Gasteiger partial charge in [0.05, 0.1) is 5.41 Å². The Labute approximate surface area is 162 Å². The molecule has 4 heteroatoms. The van der Waals surface area contributed by atoms with E-state index in [0.29, 0.717) is 12.5 Å². The van der Waals surface area contributed by atoms with Gasteiger partial charge in [-0.25, -0.2) is 0 Å². The Morgan fingerprint density at radius 3 is 2.19 bits per heavy atom. The molecule has 1 atom stereocenters. The van der Waals surface area contributed by atoms with Gasteiger partial charge in [-0.1, -0.05) is 60.7 Å². The van der Waals surface area contributed by atoms with E-state index in [1.54, 1.807) is 0 Å². The predicted molar refractivity (Wildman–Crippen MR) is 109 cm³/mol. The molecule has 2 fully saturated rings. The Kier molecular flexibility index (Phi) is 5.28. The summed E-state index contributed by atoms with van der Waals surface area (Å²) in [4.78, 5) is 18.0. The zero-order valence-corrected chi connectivity index (χ0v) is 15.9. The number of nitrogens with two attached hydrogens (primary N) is 1. The van der Waals surface area contributed by atoms with Gasteiger partial charge in [0, 0.05) is 25.7 Å². The van der Waals surface area contributed by atoms with Crippen molar-refractivity contribution in [2.24, 2.45) is 5.73 Å². The zero-order valence-electron chi connectivity index (χ0n) is 15.9. The van der Waals surface area contributed by atoms with Crippen LogP contribution in [0.3, 0.4) is 0 Å². The minimum Gasteiger partial charge on any atom is -0.369 e. The standard InChI is InChI=1S/C23H29N3O/c24-22(27)23(19-8-3-1-4-9-19,20-10-5-2-6-11-20)13-15-25-16-17-26-14-7-12-21(26)18-25/h1-6,8-11,21H,7,12-18H2,(H2,24,27)/t21-/m0/s1. The molecule has 2 heterocycles. The van der Waals surface area contributed by atoms with Crippen molar-refractivity contribution in [2.75, 3.05) is 32.7 Å². The Balaban J connectivity index is 1.61. The minimum absolute atomic E-state index is 0.264. The van der Waals surface area contributed by atoms with Gasteiger partial charge in [-0.2, -0.15) is 0 Å². The van der Waals surface area contributed by atoms with Crippen molar-refractivity contribution < 1.29 is 4.79 Å². The van der Waals surface area contributed by atoms with E-state index in [2.05, 4.69) is 9.80 Å². The molecule has 2 aliphatic heterocycles. The molecule has 2 N–H and O–H groups in total. The topological polar surface area (TPSA) is 49.6 Å². The highest BCUT2D eigenvalue weighted by Gasteiger charge is 2.41. The second-order valence-electron chi connectivity index (χ2n) is 7.88. The number of carbonyl (C=O) groups is 1. The first kappa shape index (κ1) is 18.2. The van der Waals surface area contributed by atoms with Crippen molar-refractivity contribution in [3.8, 4) is 0 Å². The second kappa shape index (κ2) is 7.83. The molecule has 2 aromatic rings. The summed E-state index contributed by atoms with van der Waals surface area (Å²) in [5.74, 6) is -0.264. The number of primary amides is 1. The Morgan fingerprint density at radius 2 is 1.59 bits per heavy atom. The Bertz CT molecular complexity index is 722. The fraction of sp³-hybridized carbons (Fsp3) is 0.435. The molecular formula is C23H29N3O. The van der Waals surface area contributed by atoms with Crippen molar-refractivity contribution in [2.45, 2.75) is 30.7 Å². The van der Waals surface area contributed by atoms with Crippen LogP contribution in [0.25, 0.3) is 0 Å². The van der Waals surface area contributed by atoms with E-state index in [1.807, 2.05) is 60.7 Å². The van der Waals surface area contributed by atoms with Crippen LogP contribution < -0.4 is 5.73 Å². The summed E-state index contributed by atoms with van der Waals surface area (Å²) in [6, 6.07) is 20.8. The summed E-state index contributed by atoms with van der Waals surface area (Å²) in [5.41, 5.74) is 7.27. The lowest BCUT2D eigenvalue weighted by Crippen LogP contribution is -2.52. The molecule has 0 saturated carbocycles. The van der Waals surface area contributed by atoms with Crippen LogP contribution in [0.2, 0.25) is 0 Å². The molecule has 2 aliphatic rings. The molecule has 4 rings (SSSR count). The van der Waals surface area contributed by atoms with E-state index < -0.39 is 5.41 Å². The Hall–Kier alpha value is -2.17. The highest BCUT2D eigenvalue weighted by Crippen LogP contribution is 2.36. The van der Waals surface area contributed by atoms with Gasteiger partial charge in [0.15, 0.2) is 0 Å². The maximum Gasteiger partial charge on any atom is 0.232 e. The second-order valence-corrected chi connectivity index (χ2v) is 7.88. The minimum atomic E-state index is -0.782. The van der Waals surface area contributed by atoms with Gasteiger partial charge in [-0.3, -0.25) is 9.69 Å². The van der Waals surface area contributed by atoms with Gasteiger partial charge >= 0.3 is 0 Å². The normalized spacial score (nSPS) is 21.1. The van der Waals surface area contributed by atoms with Crippen molar-refractivity contribution in [1.82, 2.24) is 9.80 Å². The number of carbonyl (C=O) groups excluding carboxylic acids is 1. The summed E-state index contributed by atoms with van der Waals surface area (Å²) in [7, 11) is 0. The molecule has 0 aliphatic carbocycles. The third kappa shape index (κ3) is 3.52. The number of rotatable bonds is 6. The van der Waals surface area contributed by atoms with E-state index in [9.17, 15) is 4.79 Å². The molecule has 0 spiro atoms. The van der Waals surface area contributed by atoms with E-state index in [4.69, 9.17) is 5.73 Å². The third-order valence-corrected chi connectivity index (χ3v) is 6.43. The maximum atomic E-state index is 12.9. The largest absolute Gasteiger partial charge is 0.369 e. The lowest BCUT2D eigenvalue weighted by Gasteiger charge is -2.40. The number of amides is 1. The van der Waals surface area contributed by atoms with Crippen LogP contribution in [-0.4, -0.2) is 54.5 Å². The van der Waals surface area contributed by atoms with Gasteiger partial charge in [0.1, 0.15) is 0 Å². The van der Waals surface area contributed by atoms with E-state index >= 15 is 0 Å². The number of benzene rings is 2. The highest BCUT2D eigenvalue weighted by atomic mass is 16.1. The SMILES string of the molecule is NC(=O)C(CCN1CCN2CCC[C@H]2C1)(c1ccccc1)c1ccccc1. The molecular weight excluding hydrogens is 334 g/mol. The van der Waals surface area contributed by atoms with Gasteiger partial charge < -0.3 is 10.6 Å². The van der Waals surface area contributed by atoms with Crippen LogP contribution in [0.4, 0.5) is 0 Å². The average molecular weight is 364 g/mol. The van der Waals surface area contributed by atoms with Crippen LogP contribution >= 0.6 is 0 Å². The molecule has 0 aromatic heterocycles. The molecule has 27 heavy (non-hydrogen) atoms. The number of nitrogens with zero attached hydrogens (tertiary/aromatic N) is 2. The fourth-order valence-corrected chi connectivity index (χ4v) is 4.89. The van der Waals surface area contributed by atoms with E-state index in [-0.39, 0.29) is 5.91 Å². The van der Waals surface area contributed by atoms with E-state index in [1.165, 1.54) is 19.4 Å². The lowest BCUT2D eigenvalue weighted by molar-refractivity contribution is -0.122. The maximum absolute atomic E-state index is 12.9. The van der Waals surface area contributed by atoms with Crippen LogP contribution in [0.15, 0.2) is 60.7 Å². The predicted octanol–water partition coefficient (Wildman–Crippen LogP) is 2.63. The first-order valence-electron chi connectivity index (χ1n) is 10.1. The fourth-order valence-electron chi connectivity index (χ4n) is 4.89. The summed E-state index contributed by atoms with van der Waals surface area (Å²) < 4.78 is 0. The van der Waals surface area contributed by atoms with Crippen LogP contribution in [0.5, 0.6) is 0 Å². The van der Waals surface area contributed by atoms with Gasteiger partial charge in [-0.05, 0) is 43.5 Å². The molecule has 4 nitrogen and oxygen atoms in total. The molecule has 0 radical (unpaired) electrons. The first-order chi connectivity index (χ1) is 13.2. The molecule has 2 aromatic carbocycles. The molecule has 142 valence electrons. The lowest BCUT2D eigenvalue weighted by atomic mass is 9.71. The molecule has 0 bridgehead atoms. The summed E-state index contributed by atoms with van der Waals surface area (Å²) in [6.45, 7) is 5.47. The summed E-state index contributed by atoms with van der Waals surface area (Å²) >= 11 is 0. The quantitative estimate of drug-likeness (QED) is 0.858. The van der Waals surface area contributed by atoms with Crippen LogP contribution in [-0.2, 0) is 10.2 Å². The highest BCUT2D eigenvalue weighted by molar-refractivity contribution is 5.90. The number of piperazine rings is 1. The monoisotopic (exact) mass is 363 g/mol. The number of hydrogen-bond donors (Lipinski definition) is 1. The van der Waals surface area contributed by atoms with Crippen LogP contribution in [0, 0.1) is 0 Å². The molecule has 1 amide bonds. The van der Waals surface area contributed by atoms with E-state index in [0.717, 1.165) is 37.3 Å². The summed E-state index contributed by atoms with van der Waals surface area (Å²) in [5, 5.41) is 0. The molecule has 2 saturated heterocycles. The number of fused-ring (bicyclic) bond motifs is 1. The van der Waals surface area contributed by atoms with Crippen molar-refractivity contribution in [1.29, 1.82) is 0 Å². The summed E-state index contributed by atoms with van der Waals surface area (Å²) in [6.07, 6.45) is 3.33. The third-order valence-electron chi connectivity index (χ3n) is 6.43. The number of hydrogen-bond acceptors (Lipinski definition) is 3. The van der Waals surface area contributed by atoms with Crippen molar-refractivity contribution >= 4 is 5.91 Å². The van der Waals surface area contributed by atoms with Gasteiger partial charge in [-0.15, -0.1) is 0 Å². The van der Waals surface area contributed by atoms with Crippen LogP contribution in [0.1, 0.15) is 30.4 Å². The van der Waals surface area contributed by atoms with Crippen molar-refractivity contribution in [3.63, 3.8) is 0 Å². The van der Waals surface area contributed by atoms with Crippen molar-refractivity contribution in [3.05, 3.63) is 71.8 Å². The first-order valence-corrected chi connectivity index (χ1v) is 10.1.